The van der Waals surface area contributed by atoms with E-state index < -0.39 is 0 Å². The molecule has 0 bridgehead atoms. The molecule has 0 fully saturated rings. The van der Waals surface area contributed by atoms with Crippen LogP contribution in [0.15, 0.2) is 59.6 Å². The number of nitrogens with zero attached hydrogens (tertiary/aromatic N) is 1. The van der Waals surface area contributed by atoms with E-state index in [2.05, 4.69) is 40.0 Å². The molecule has 1 amide bonds. The van der Waals surface area contributed by atoms with Crippen molar-refractivity contribution in [2.45, 2.75) is 12.8 Å². The second-order valence-corrected chi connectivity index (χ2v) is 6.18. The van der Waals surface area contributed by atoms with Crippen molar-refractivity contribution in [2.75, 3.05) is 33.8 Å². The van der Waals surface area contributed by atoms with Crippen LogP contribution >= 0.6 is 24.0 Å². The van der Waals surface area contributed by atoms with E-state index in [1.54, 1.807) is 38.4 Å². The molecule has 0 saturated carbocycles. The largest absolute Gasteiger partial charge is 0.497 e. The first-order valence-electron chi connectivity index (χ1n) is 9.05. The van der Waals surface area contributed by atoms with Crippen molar-refractivity contribution in [3.8, 4) is 5.75 Å². The molecular formula is C21H29IN4O2. The van der Waals surface area contributed by atoms with Crippen LogP contribution in [0.2, 0.25) is 0 Å². The number of carbonyl (C=O) groups excluding carboxylic acids is 1. The lowest BCUT2D eigenvalue weighted by molar-refractivity contribution is 0.0954. The van der Waals surface area contributed by atoms with Crippen LogP contribution in [0, 0.1) is 0 Å². The van der Waals surface area contributed by atoms with Gasteiger partial charge in [-0.25, -0.2) is 0 Å². The molecule has 3 N–H and O–H groups in total. The molecule has 7 heteroatoms. The van der Waals surface area contributed by atoms with Crippen molar-refractivity contribution in [1.29, 1.82) is 0 Å². The summed E-state index contributed by atoms with van der Waals surface area (Å²) >= 11 is 0. The number of nitrogens with one attached hydrogen (secondary N) is 3. The fourth-order valence-electron chi connectivity index (χ4n) is 2.57. The molecule has 2 rings (SSSR count). The lowest BCUT2D eigenvalue weighted by Crippen LogP contribution is -2.42. The highest BCUT2D eigenvalue weighted by atomic mass is 127. The van der Waals surface area contributed by atoms with Crippen molar-refractivity contribution in [3.63, 3.8) is 0 Å². The first-order valence-corrected chi connectivity index (χ1v) is 9.05. The molecule has 0 radical (unpaired) electrons. The summed E-state index contributed by atoms with van der Waals surface area (Å²) in [6.45, 7) is 4.04. The molecular weight excluding hydrogens is 467 g/mol. The topological polar surface area (TPSA) is 74.8 Å². The minimum absolute atomic E-state index is 0. The number of rotatable bonds is 8. The van der Waals surface area contributed by atoms with Crippen molar-refractivity contribution >= 4 is 35.8 Å². The van der Waals surface area contributed by atoms with Crippen molar-refractivity contribution in [3.05, 3.63) is 65.7 Å². The third-order valence-corrected chi connectivity index (χ3v) is 4.22. The third kappa shape index (κ3) is 7.75. The number of carbonyl (C=O) groups is 1. The van der Waals surface area contributed by atoms with E-state index in [1.165, 1.54) is 5.56 Å². The molecule has 0 aliphatic carbocycles. The summed E-state index contributed by atoms with van der Waals surface area (Å²) < 4.78 is 5.09. The number of hydrogen-bond acceptors (Lipinski definition) is 3. The van der Waals surface area contributed by atoms with Gasteiger partial charge < -0.3 is 20.7 Å². The second-order valence-electron chi connectivity index (χ2n) is 6.18. The van der Waals surface area contributed by atoms with Gasteiger partial charge in [-0.1, -0.05) is 37.3 Å². The van der Waals surface area contributed by atoms with Gasteiger partial charge in [0, 0.05) is 32.2 Å². The molecule has 0 spiro atoms. The Morgan fingerprint density at radius 2 is 1.64 bits per heavy atom. The predicted octanol–water partition coefficient (Wildman–Crippen LogP) is 3.01. The number of aliphatic imine (C=N–C) groups is 1. The minimum Gasteiger partial charge on any atom is -0.497 e. The normalized spacial score (nSPS) is 11.8. The summed E-state index contributed by atoms with van der Waals surface area (Å²) in [5, 5.41) is 9.40. The molecule has 0 saturated heterocycles. The smallest absolute Gasteiger partial charge is 0.251 e. The van der Waals surface area contributed by atoms with Gasteiger partial charge in [-0.2, -0.15) is 0 Å². The zero-order valence-electron chi connectivity index (χ0n) is 16.6. The first-order chi connectivity index (χ1) is 13.1. The summed E-state index contributed by atoms with van der Waals surface area (Å²) in [5.41, 5.74) is 1.89. The molecule has 1 unspecified atom stereocenters. The molecule has 2 aromatic rings. The van der Waals surface area contributed by atoms with Gasteiger partial charge in [-0.3, -0.25) is 9.79 Å². The number of benzene rings is 2. The van der Waals surface area contributed by atoms with Crippen LogP contribution in [0.4, 0.5) is 0 Å². The summed E-state index contributed by atoms with van der Waals surface area (Å²) in [4.78, 5) is 16.3. The molecule has 0 heterocycles. The summed E-state index contributed by atoms with van der Waals surface area (Å²) in [6, 6.07) is 17.4. The van der Waals surface area contributed by atoms with Crippen molar-refractivity contribution < 1.29 is 9.53 Å². The highest BCUT2D eigenvalue weighted by Gasteiger charge is 2.07. The molecule has 2 aromatic carbocycles. The van der Waals surface area contributed by atoms with Gasteiger partial charge in [0.05, 0.1) is 7.11 Å². The van der Waals surface area contributed by atoms with Gasteiger partial charge >= 0.3 is 0 Å². The Balaban J connectivity index is 0.00000392. The van der Waals surface area contributed by atoms with Gasteiger partial charge in [0.1, 0.15) is 5.75 Å². The van der Waals surface area contributed by atoms with E-state index >= 15 is 0 Å². The average molecular weight is 496 g/mol. The van der Waals surface area contributed by atoms with Crippen LogP contribution in [0.3, 0.4) is 0 Å². The van der Waals surface area contributed by atoms with Crippen LogP contribution in [-0.2, 0) is 0 Å². The number of amides is 1. The molecule has 0 aliphatic heterocycles. The Morgan fingerprint density at radius 3 is 2.25 bits per heavy atom. The summed E-state index contributed by atoms with van der Waals surface area (Å²) in [7, 11) is 3.33. The van der Waals surface area contributed by atoms with Gasteiger partial charge in [0.25, 0.3) is 5.91 Å². The summed E-state index contributed by atoms with van der Waals surface area (Å²) in [5.74, 6) is 1.71. The van der Waals surface area contributed by atoms with Gasteiger partial charge in [0.15, 0.2) is 5.96 Å². The minimum atomic E-state index is -0.111. The Bertz CT molecular complexity index is 736. The molecule has 0 aromatic heterocycles. The number of ether oxygens (including phenoxy) is 1. The van der Waals surface area contributed by atoms with Crippen LogP contribution in [0.5, 0.6) is 5.75 Å². The fraction of sp³-hybridized carbons (Fsp3) is 0.333. The van der Waals surface area contributed by atoms with Crippen LogP contribution in [0.1, 0.15) is 28.8 Å². The monoisotopic (exact) mass is 496 g/mol. The van der Waals surface area contributed by atoms with E-state index in [0.717, 1.165) is 18.3 Å². The lowest BCUT2D eigenvalue weighted by Gasteiger charge is -2.16. The SMILES string of the molecule is CN=C(NCCNC(=O)c1ccc(OC)cc1)NCC(C)c1ccccc1.I. The first kappa shape index (κ1) is 23.7. The predicted molar refractivity (Wildman–Crippen MR) is 125 cm³/mol. The maximum absolute atomic E-state index is 12.1. The van der Waals surface area contributed by atoms with Crippen molar-refractivity contribution in [1.82, 2.24) is 16.0 Å². The zero-order valence-corrected chi connectivity index (χ0v) is 18.9. The molecule has 28 heavy (non-hydrogen) atoms. The maximum Gasteiger partial charge on any atom is 0.251 e. The van der Waals surface area contributed by atoms with Crippen LogP contribution in [-0.4, -0.2) is 45.7 Å². The highest BCUT2D eigenvalue weighted by Crippen LogP contribution is 2.13. The molecule has 0 aliphatic rings. The number of hydrogen-bond donors (Lipinski definition) is 3. The number of methoxy groups -OCH3 is 1. The fourth-order valence-corrected chi connectivity index (χ4v) is 2.57. The zero-order chi connectivity index (χ0) is 19.5. The van der Waals surface area contributed by atoms with Gasteiger partial charge in [0.2, 0.25) is 0 Å². The number of guanidine groups is 1. The van der Waals surface area contributed by atoms with Gasteiger partial charge in [-0.05, 0) is 35.7 Å². The van der Waals surface area contributed by atoms with E-state index in [1.807, 2.05) is 18.2 Å². The second kappa shape index (κ2) is 13.0. The van der Waals surface area contributed by atoms with Crippen LogP contribution in [0.25, 0.3) is 0 Å². The Hall–Kier alpha value is -2.29. The van der Waals surface area contributed by atoms with Crippen LogP contribution < -0.4 is 20.7 Å². The third-order valence-electron chi connectivity index (χ3n) is 4.22. The molecule has 1 atom stereocenters. The van der Waals surface area contributed by atoms with Crippen molar-refractivity contribution in [2.24, 2.45) is 4.99 Å². The highest BCUT2D eigenvalue weighted by molar-refractivity contribution is 14.0. The maximum atomic E-state index is 12.1. The standard InChI is InChI=1S/C21H28N4O2.HI/c1-16(17-7-5-4-6-8-17)15-25-21(22-2)24-14-13-23-20(26)18-9-11-19(27-3)12-10-18;/h4-12,16H,13-15H2,1-3H3,(H,23,26)(H2,22,24,25);1H. The van der Waals surface area contributed by atoms with Gasteiger partial charge in [-0.15, -0.1) is 24.0 Å². The number of halogens is 1. The Labute approximate surface area is 184 Å². The molecule has 6 nitrogen and oxygen atoms in total. The van der Waals surface area contributed by atoms with E-state index in [4.69, 9.17) is 4.74 Å². The molecule has 152 valence electrons. The van der Waals surface area contributed by atoms with E-state index in [0.29, 0.717) is 24.6 Å². The lowest BCUT2D eigenvalue weighted by atomic mass is 10.0. The van der Waals surface area contributed by atoms with E-state index in [9.17, 15) is 4.79 Å². The Kier molecular flexibility index (Phi) is 11.0. The Morgan fingerprint density at radius 1 is 1.00 bits per heavy atom. The van der Waals surface area contributed by atoms with E-state index in [-0.39, 0.29) is 29.9 Å². The summed E-state index contributed by atoms with van der Waals surface area (Å²) in [6.07, 6.45) is 0. The quantitative estimate of drug-likeness (QED) is 0.228. The average Bonchev–Trinajstić information content (AvgIpc) is 2.73.